The quantitative estimate of drug-likeness (QED) is 0.399. The molecule has 0 saturated heterocycles. The van der Waals surface area contributed by atoms with Crippen molar-refractivity contribution in [1.82, 2.24) is 0 Å². The molecule has 0 aliphatic carbocycles. The van der Waals surface area contributed by atoms with E-state index in [2.05, 4.69) is 6.58 Å². The summed E-state index contributed by atoms with van der Waals surface area (Å²) in [4.78, 5) is 28.8. The van der Waals surface area contributed by atoms with Crippen LogP contribution in [0, 0.1) is 0 Å². The Balaban J connectivity index is -0.000000180. The number of aliphatic carboxylic acids is 2. The largest absolute Gasteiger partial charge is 0.550 e. The molecule has 0 aliphatic rings. The minimum atomic E-state index is -1.31. The summed E-state index contributed by atoms with van der Waals surface area (Å²) in [5, 5.41) is 34.2. The molecule has 0 radical (unpaired) electrons. The van der Waals surface area contributed by atoms with Crippen molar-refractivity contribution in [3.05, 3.63) is 12.2 Å². The van der Waals surface area contributed by atoms with Gasteiger partial charge in [-0.2, -0.15) is 0 Å². The zero-order chi connectivity index (χ0) is 14.4. The molecule has 0 aromatic heterocycles. The van der Waals surface area contributed by atoms with Gasteiger partial charge in [0.15, 0.2) is 0 Å². The summed E-state index contributed by atoms with van der Waals surface area (Å²) in [5.41, 5.74) is 0.0648. The molecule has 0 fully saturated rings. The van der Waals surface area contributed by atoms with Crippen LogP contribution in [0.4, 0.5) is 0 Å². The van der Waals surface area contributed by atoms with Gasteiger partial charge in [-0.05, 0) is 19.4 Å². The number of ketones is 1. The molecule has 0 unspecified atom stereocenters. The third kappa shape index (κ3) is 40.6. The van der Waals surface area contributed by atoms with Crippen LogP contribution < -0.4 is 10.2 Å². The second-order valence-electron chi connectivity index (χ2n) is 2.77. The Morgan fingerprint density at radius 1 is 1.06 bits per heavy atom. The molecule has 0 rings (SSSR count). The van der Waals surface area contributed by atoms with Gasteiger partial charge in [0.2, 0.25) is 0 Å². The number of aliphatic hydroxyl groups excluding tert-OH is 2. The molecule has 0 aromatic carbocycles. The average Bonchev–Trinajstić information content (AvgIpc) is 2.16. The number of hydrogen-bond donors (Lipinski definition) is 2. The molecule has 0 amide bonds. The van der Waals surface area contributed by atoms with Gasteiger partial charge in [0.05, 0.1) is 19.2 Å². The van der Waals surface area contributed by atoms with Gasteiger partial charge in [-0.25, -0.2) is 0 Å². The van der Waals surface area contributed by atoms with E-state index in [4.69, 9.17) is 10.2 Å². The minimum absolute atomic E-state index is 0.0648. The van der Waals surface area contributed by atoms with Crippen molar-refractivity contribution >= 4 is 17.7 Å². The van der Waals surface area contributed by atoms with Crippen molar-refractivity contribution < 1.29 is 34.8 Å². The van der Waals surface area contributed by atoms with Crippen molar-refractivity contribution in [2.24, 2.45) is 0 Å². The van der Waals surface area contributed by atoms with Gasteiger partial charge in [0.25, 0.3) is 0 Å². The fourth-order valence-electron chi connectivity index (χ4n) is 0.203. The minimum Gasteiger partial charge on any atom is -0.550 e. The third-order valence-corrected chi connectivity index (χ3v) is 0.842. The van der Waals surface area contributed by atoms with Crippen molar-refractivity contribution in [2.45, 2.75) is 20.3 Å². The van der Waals surface area contributed by atoms with E-state index in [1.165, 1.54) is 13.8 Å². The van der Waals surface area contributed by atoms with Gasteiger partial charge in [-0.1, -0.05) is 6.58 Å². The molecular formula is C10H16O7-2. The Hall–Kier alpha value is -1.73. The van der Waals surface area contributed by atoms with Gasteiger partial charge in [-0.3, -0.25) is 4.79 Å². The van der Waals surface area contributed by atoms with E-state index in [1.807, 2.05) is 0 Å². The van der Waals surface area contributed by atoms with E-state index in [0.29, 0.717) is 0 Å². The Labute approximate surface area is 99.0 Å². The molecule has 0 bridgehead atoms. The molecule has 2 N–H and O–H groups in total. The topological polar surface area (TPSA) is 138 Å². The molecule has 0 saturated carbocycles. The van der Waals surface area contributed by atoms with Gasteiger partial charge < -0.3 is 30.0 Å². The second-order valence-corrected chi connectivity index (χ2v) is 2.77. The SMILES string of the molecule is C=C(C)C(=O)[O-].CC(=O)CC(=O)[O-].OCCO. The van der Waals surface area contributed by atoms with E-state index >= 15 is 0 Å². The summed E-state index contributed by atoms with van der Waals surface area (Å²) in [6, 6.07) is 0. The molecule has 7 nitrogen and oxygen atoms in total. The van der Waals surface area contributed by atoms with Crippen LogP contribution >= 0.6 is 0 Å². The second kappa shape index (κ2) is 14.3. The lowest BCUT2D eigenvalue weighted by Gasteiger charge is -1.93. The number of aliphatic hydroxyl groups is 2. The predicted octanol–water partition coefficient (Wildman–Crippen LogP) is -3.00. The van der Waals surface area contributed by atoms with Crippen LogP contribution in [0.5, 0.6) is 0 Å². The Bertz CT molecular complexity index is 231. The lowest BCUT2D eigenvalue weighted by molar-refractivity contribution is -0.304. The average molecular weight is 248 g/mol. The number of rotatable bonds is 4. The molecule has 0 heterocycles. The predicted molar refractivity (Wildman–Crippen MR) is 54.3 cm³/mol. The highest BCUT2D eigenvalue weighted by Crippen LogP contribution is 1.77. The lowest BCUT2D eigenvalue weighted by Crippen LogP contribution is -2.24. The lowest BCUT2D eigenvalue weighted by atomic mass is 10.3. The van der Waals surface area contributed by atoms with Crippen LogP contribution in [0.1, 0.15) is 20.3 Å². The molecule has 0 aliphatic heterocycles. The number of carbonyl (C=O) groups excluding carboxylic acids is 3. The zero-order valence-corrected chi connectivity index (χ0v) is 9.76. The third-order valence-electron chi connectivity index (χ3n) is 0.842. The Kier molecular flexibility index (Phi) is 17.3. The molecule has 17 heavy (non-hydrogen) atoms. The van der Waals surface area contributed by atoms with E-state index < -0.39 is 18.4 Å². The van der Waals surface area contributed by atoms with E-state index in [9.17, 15) is 24.6 Å². The molecular weight excluding hydrogens is 232 g/mol. The zero-order valence-electron chi connectivity index (χ0n) is 9.76. The van der Waals surface area contributed by atoms with Crippen molar-refractivity contribution in [2.75, 3.05) is 13.2 Å². The van der Waals surface area contributed by atoms with Gasteiger partial charge in [0.1, 0.15) is 5.78 Å². The first-order valence-electron chi connectivity index (χ1n) is 4.46. The maximum atomic E-state index is 9.83. The summed E-state index contributed by atoms with van der Waals surface area (Å²) in [5.74, 6) is -2.87. The molecule has 7 heteroatoms. The maximum Gasteiger partial charge on any atom is 0.135 e. The van der Waals surface area contributed by atoms with Gasteiger partial charge in [0, 0.05) is 12.4 Å². The highest BCUT2D eigenvalue weighted by atomic mass is 16.4. The van der Waals surface area contributed by atoms with Crippen LogP contribution in [-0.4, -0.2) is 41.1 Å². The monoisotopic (exact) mass is 248 g/mol. The van der Waals surface area contributed by atoms with Crippen molar-refractivity contribution in [3.63, 3.8) is 0 Å². The summed E-state index contributed by atoms with van der Waals surface area (Å²) in [6.07, 6.45) is -0.472. The molecule has 0 spiro atoms. The van der Waals surface area contributed by atoms with Crippen molar-refractivity contribution in [1.29, 1.82) is 0 Å². The maximum absolute atomic E-state index is 9.83. The first kappa shape index (κ1) is 20.7. The summed E-state index contributed by atoms with van der Waals surface area (Å²) in [7, 11) is 0. The Morgan fingerprint density at radius 3 is 1.35 bits per heavy atom. The molecule has 0 aromatic rings. The molecule has 0 atom stereocenters. The Morgan fingerprint density at radius 2 is 1.35 bits per heavy atom. The van der Waals surface area contributed by atoms with E-state index in [0.717, 1.165) is 0 Å². The number of carbonyl (C=O) groups is 3. The first-order chi connectivity index (χ1) is 7.68. The number of hydrogen-bond acceptors (Lipinski definition) is 7. The van der Waals surface area contributed by atoms with Crippen molar-refractivity contribution in [3.8, 4) is 0 Å². The number of Topliss-reactive ketones (excluding diaryl/α,β-unsaturated/α-hetero) is 1. The molecule has 100 valence electrons. The van der Waals surface area contributed by atoms with Crippen LogP contribution in [0.2, 0.25) is 0 Å². The smallest absolute Gasteiger partial charge is 0.135 e. The van der Waals surface area contributed by atoms with E-state index in [1.54, 1.807) is 0 Å². The highest BCUT2D eigenvalue weighted by molar-refractivity contribution is 5.92. The highest BCUT2D eigenvalue weighted by Gasteiger charge is 1.88. The van der Waals surface area contributed by atoms with Gasteiger partial charge >= 0.3 is 0 Å². The van der Waals surface area contributed by atoms with Crippen LogP contribution in [0.3, 0.4) is 0 Å². The first-order valence-corrected chi connectivity index (χ1v) is 4.46. The standard InChI is InChI=1S/C4H6O3.C4H6O2.C2H6O2/c1-3(5)2-4(6)7;1-3(2)4(5)6;3-1-2-4/h2H2,1H3,(H,6,7);1H2,2H3,(H,5,6);3-4H,1-2H2/p-2. The summed E-state index contributed by atoms with van der Waals surface area (Å²) in [6.45, 7) is 5.43. The summed E-state index contributed by atoms with van der Waals surface area (Å²) >= 11 is 0. The van der Waals surface area contributed by atoms with Crippen LogP contribution in [0.25, 0.3) is 0 Å². The van der Waals surface area contributed by atoms with Crippen LogP contribution in [-0.2, 0) is 14.4 Å². The van der Waals surface area contributed by atoms with Gasteiger partial charge in [-0.15, -0.1) is 0 Å². The number of carboxylic acid groups (broad SMARTS) is 2. The number of carboxylic acids is 2. The fourth-order valence-corrected chi connectivity index (χ4v) is 0.203. The normalized spacial score (nSPS) is 7.76. The fraction of sp³-hybridized carbons (Fsp3) is 0.500. The van der Waals surface area contributed by atoms with Crippen LogP contribution in [0.15, 0.2) is 12.2 Å². The summed E-state index contributed by atoms with van der Waals surface area (Å²) < 4.78 is 0. The van der Waals surface area contributed by atoms with E-state index in [-0.39, 0.29) is 24.6 Å².